The molecule has 3 aromatic heterocycles. The lowest BCUT2D eigenvalue weighted by atomic mass is 10.1. The Labute approximate surface area is 147 Å². The first kappa shape index (κ1) is 15.4. The fourth-order valence-corrected chi connectivity index (χ4v) is 3.07. The molecule has 1 aromatic carbocycles. The summed E-state index contributed by atoms with van der Waals surface area (Å²) in [7, 11) is 1.97. The minimum absolute atomic E-state index is 0.754. The predicted molar refractivity (Wildman–Crippen MR) is 101 cm³/mol. The van der Waals surface area contributed by atoms with Gasteiger partial charge in [-0.25, -0.2) is 4.98 Å². The zero-order chi connectivity index (χ0) is 17.4. The van der Waals surface area contributed by atoms with Crippen LogP contribution in [0.15, 0.2) is 54.9 Å². The number of aromatic nitrogens is 4. The summed E-state index contributed by atoms with van der Waals surface area (Å²) in [5.41, 5.74) is 7.58. The van der Waals surface area contributed by atoms with Crippen LogP contribution in [-0.2, 0) is 13.6 Å². The van der Waals surface area contributed by atoms with Crippen LogP contribution in [0.2, 0.25) is 0 Å². The smallest absolute Gasteiger partial charge is 0.140 e. The van der Waals surface area contributed by atoms with Crippen molar-refractivity contribution in [2.75, 3.05) is 5.32 Å². The Kier molecular flexibility index (Phi) is 3.76. The fraction of sp³-hybridized carbons (Fsp3) is 0.200. The molecule has 0 fully saturated rings. The number of nitrogens with zero attached hydrogens (tertiary/aromatic N) is 4. The fourth-order valence-electron chi connectivity index (χ4n) is 3.07. The number of imidazole rings is 1. The van der Waals surface area contributed by atoms with Crippen molar-refractivity contribution in [1.82, 2.24) is 19.2 Å². The van der Waals surface area contributed by atoms with E-state index in [2.05, 4.69) is 64.3 Å². The van der Waals surface area contributed by atoms with Gasteiger partial charge in [0.05, 0.1) is 23.6 Å². The van der Waals surface area contributed by atoms with Gasteiger partial charge < -0.3 is 9.72 Å². The van der Waals surface area contributed by atoms with E-state index in [-0.39, 0.29) is 0 Å². The van der Waals surface area contributed by atoms with Crippen LogP contribution in [0.25, 0.3) is 16.9 Å². The molecule has 0 atom stereocenters. The van der Waals surface area contributed by atoms with E-state index in [1.54, 1.807) is 0 Å². The molecule has 0 spiro atoms. The van der Waals surface area contributed by atoms with Crippen molar-refractivity contribution in [2.45, 2.75) is 20.4 Å². The summed E-state index contributed by atoms with van der Waals surface area (Å²) in [5.74, 6) is 0. The van der Waals surface area contributed by atoms with Crippen LogP contribution in [0.1, 0.15) is 17.0 Å². The molecule has 4 rings (SSSR count). The molecular weight excluding hydrogens is 310 g/mol. The molecule has 0 saturated heterocycles. The van der Waals surface area contributed by atoms with Gasteiger partial charge in [0, 0.05) is 30.7 Å². The highest BCUT2D eigenvalue weighted by atomic mass is 15.3. The molecule has 0 radical (unpaired) electrons. The molecular formula is C20H21N5. The minimum Gasteiger partial charge on any atom is -0.379 e. The molecule has 0 aliphatic rings. The van der Waals surface area contributed by atoms with Crippen molar-refractivity contribution in [3.63, 3.8) is 0 Å². The summed E-state index contributed by atoms with van der Waals surface area (Å²) in [6.45, 7) is 4.85. The minimum atomic E-state index is 0.754. The predicted octanol–water partition coefficient (Wildman–Crippen LogP) is 3.96. The van der Waals surface area contributed by atoms with Crippen LogP contribution in [-0.4, -0.2) is 19.2 Å². The Morgan fingerprint density at radius 2 is 1.88 bits per heavy atom. The standard InChI is InChI=1S/C20H21N5/c1-14-5-4-10-25-13-19(22-20(14)25)16-6-8-17(9-7-16)21-12-18-11-15(2)23-24(18)3/h4-11,13,21H,12H2,1-3H3. The molecule has 5 nitrogen and oxygen atoms in total. The molecule has 126 valence electrons. The molecule has 0 bridgehead atoms. The van der Waals surface area contributed by atoms with Gasteiger partial charge in [-0.3, -0.25) is 4.68 Å². The lowest BCUT2D eigenvalue weighted by Crippen LogP contribution is -2.05. The summed E-state index contributed by atoms with van der Waals surface area (Å²) in [4.78, 5) is 4.75. The molecule has 0 aliphatic heterocycles. The number of benzene rings is 1. The van der Waals surface area contributed by atoms with E-state index in [0.717, 1.165) is 40.5 Å². The second kappa shape index (κ2) is 6.09. The maximum Gasteiger partial charge on any atom is 0.140 e. The van der Waals surface area contributed by atoms with E-state index in [1.165, 1.54) is 5.56 Å². The quantitative estimate of drug-likeness (QED) is 0.616. The Bertz CT molecular complexity index is 1020. The normalized spacial score (nSPS) is 11.2. The van der Waals surface area contributed by atoms with E-state index < -0.39 is 0 Å². The number of fused-ring (bicyclic) bond motifs is 1. The monoisotopic (exact) mass is 331 g/mol. The van der Waals surface area contributed by atoms with Gasteiger partial charge in [-0.2, -0.15) is 5.10 Å². The number of anilines is 1. The van der Waals surface area contributed by atoms with Crippen molar-refractivity contribution >= 4 is 11.3 Å². The first-order chi connectivity index (χ1) is 12.1. The van der Waals surface area contributed by atoms with Gasteiger partial charge in [0.2, 0.25) is 0 Å². The maximum absolute atomic E-state index is 4.75. The lowest BCUT2D eigenvalue weighted by molar-refractivity contribution is 0.713. The van der Waals surface area contributed by atoms with Crippen LogP contribution in [0, 0.1) is 13.8 Å². The largest absolute Gasteiger partial charge is 0.379 e. The average molecular weight is 331 g/mol. The van der Waals surface area contributed by atoms with E-state index in [9.17, 15) is 0 Å². The van der Waals surface area contributed by atoms with Crippen LogP contribution in [0.5, 0.6) is 0 Å². The number of aryl methyl sites for hydroxylation is 3. The highest BCUT2D eigenvalue weighted by molar-refractivity contribution is 5.66. The van der Waals surface area contributed by atoms with Crippen molar-refractivity contribution in [1.29, 1.82) is 0 Å². The summed E-state index contributed by atoms with van der Waals surface area (Å²) in [5, 5.41) is 7.81. The molecule has 4 aromatic rings. The van der Waals surface area contributed by atoms with Gasteiger partial charge in [0.1, 0.15) is 5.65 Å². The molecule has 0 aliphatic carbocycles. The van der Waals surface area contributed by atoms with Crippen LogP contribution in [0.3, 0.4) is 0 Å². The zero-order valence-electron chi connectivity index (χ0n) is 14.7. The van der Waals surface area contributed by atoms with Crippen molar-refractivity contribution < 1.29 is 0 Å². The number of pyridine rings is 1. The molecule has 0 amide bonds. The van der Waals surface area contributed by atoms with Crippen LogP contribution in [0.4, 0.5) is 5.69 Å². The molecule has 3 heterocycles. The number of hydrogen-bond acceptors (Lipinski definition) is 3. The van der Waals surface area contributed by atoms with Gasteiger partial charge in [-0.05, 0) is 43.7 Å². The first-order valence-corrected chi connectivity index (χ1v) is 8.38. The lowest BCUT2D eigenvalue weighted by Gasteiger charge is -2.07. The SMILES string of the molecule is Cc1cc(CNc2ccc(-c3cn4cccc(C)c4n3)cc2)n(C)n1. The molecule has 0 saturated carbocycles. The summed E-state index contributed by atoms with van der Waals surface area (Å²) < 4.78 is 3.98. The average Bonchev–Trinajstić information content (AvgIpc) is 3.17. The van der Waals surface area contributed by atoms with Crippen molar-refractivity contribution in [3.8, 4) is 11.3 Å². The molecule has 0 unspecified atom stereocenters. The topological polar surface area (TPSA) is 47.1 Å². The third-order valence-corrected chi connectivity index (χ3v) is 4.43. The third-order valence-electron chi connectivity index (χ3n) is 4.43. The van der Waals surface area contributed by atoms with Gasteiger partial charge in [0.15, 0.2) is 0 Å². The van der Waals surface area contributed by atoms with Gasteiger partial charge >= 0.3 is 0 Å². The number of nitrogens with one attached hydrogen (secondary N) is 1. The van der Waals surface area contributed by atoms with E-state index >= 15 is 0 Å². The van der Waals surface area contributed by atoms with E-state index in [4.69, 9.17) is 4.98 Å². The first-order valence-electron chi connectivity index (χ1n) is 8.38. The van der Waals surface area contributed by atoms with E-state index in [1.807, 2.05) is 30.9 Å². The summed E-state index contributed by atoms with van der Waals surface area (Å²) in [6.07, 6.45) is 4.10. The zero-order valence-corrected chi connectivity index (χ0v) is 14.7. The molecule has 25 heavy (non-hydrogen) atoms. The second-order valence-corrected chi connectivity index (χ2v) is 6.38. The highest BCUT2D eigenvalue weighted by Crippen LogP contribution is 2.22. The number of hydrogen-bond donors (Lipinski definition) is 1. The Morgan fingerprint density at radius 1 is 1.08 bits per heavy atom. The van der Waals surface area contributed by atoms with Crippen molar-refractivity contribution in [2.24, 2.45) is 7.05 Å². The van der Waals surface area contributed by atoms with Gasteiger partial charge in [-0.1, -0.05) is 18.2 Å². The van der Waals surface area contributed by atoms with Crippen LogP contribution < -0.4 is 5.32 Å². The number of rotatable bonds is 4. The Balaban J connectivity index is 1.53. The van der Waals surface area contributed by atoms with Gasteiger partial charge in [-0.15, -0.1) is 0 Å². The third kappa shape index (κ3) is 3.01. The van der Waals surface area contributed by atoms with Crippen LogP contribution >= 0.6 is 0 Å². The van der Waals surface area contributed by atoms with Gasteiger partial charge in [0.25, 0.3) is 0 Å². The second-order valence-electron chi connectivity index (χ2n) is 6.38. The summed E-state index contributed by atoms with van der Waals surface area (Å²) >= 11 is 0. The molecule has 1 N–H and O–H groups in total. The Hall–Kier alpha value is -3.08. The molecule has 5 heteroatoms. The maximum atomic E-state index is 4.75. The van der Waals surface area contributed by atoms with Crippen molar-refractivity contribution in [3.05, 3.63) is 71.8 Å². The Morgan fingerprint density at radius 3 is 2.56 bits per heavy atom. The summed E-state index contributed by atoms with van der Waals surface area (Å²) in [6, 6.07) is 14.6. The highest BCUT2D eigenvalue weighted by Gasteiger charge is 2.06. The van der Waals surface area contributed by atoms with E-state index in [0.29, 0.717) is 0 Å².